The van der Waals surface area contributed by atoms with Crippen LogP contribution in [0.2, 0.25) is 5.02 Å². The maximum Gasteiger partial charge on any atom is 0.265 e. The molecule has 0 fully saturated rings. The van der Waals surface area contributed by atoms with E-state index in [-0.39, 0.29) is 18.7 Å². The molecule has 0 atom stereocenters. The quantitative estimate of drug-likeness (QED) is 0.561. The molecule has 0 spiro atoms. The number of carbonyl (C=O) groups excluding carboxylic acids is 1. The highest BCUT2D eigenvalue weighted by Gasteiger charge is 2.16. The average Bonchev–Trinajstić information content (AvgIpc) is 3.23. The lowest BCUT2D eigenvalue weighted by molar-refractivity contribution is 0.0946. The van der Waals surface area contributed by atoms with E-state index in [9.17, 15) is 9.59 Å². The van der Waals surface area contributed by atoms with Crippen molar-refractivity contribution in [3.63, 3.8) is 0 Å². The maximum absolute atomic E-state index is 13.1. The van der Waals surface area contributed by atoms with Gasteiger partial charge in [0.05, 0.1) is 19.4 Å². The van der Waals surface area contributed by atoms with Crippen LogP contribution in [0.4, 0.5) is 0 Å². The predicted molar refractivity (Wildman–Crippen MR) is 106 cm³/mol. The predicted octanol–water partition coefficient (Wildman–Crippen LogP) is 3.62. The monoisotopic (exact) mass is 393 g/mol. The molecule has 1 N–H and O–H groups in total. The fourth-order valence-electron chi connectivity index (χ4n) is 2.96. The molecule has 140 valence electrons. The Balaban J connectivity index is 1.73. The third-order valence-corrected chi connectivity index (χ3v) is 4.60. The number of fused-ring (bicyclic) bond motifs is 1. The molecule has 0 saturated carbocycles. The highest BCUT2D eigenvalue weighted by Crippen LogP contribution is 2.15. The van der Waals surface area contributed by atoms with Crippen LogP contribution in [-0.2, 0) is 13.1 Å². The van der Waals surface area contributed by atoms with Gasteiger partial charge in [-0.05, 0) is 48.0 Å². The second kappa shape index (κ2) is 7.70. The Hall–Kier alpha value is -3.38. The Bertz CT molecular complexity index is 1180. The standard InChI is InChI=1S/C21H16ClN3O3/c22-16-7-5-14(6-8-16)13-25-19-15(3-1-9-23-19)11-18(21(25)27)20(26)24-12-17-4-2-10-28-17/h1-11H,12-13H2,(H,24,26). The van der Waals surface area contributed by atoms with Crippen LogP contribution in [0, 0.1) is 0 Å². The van der Waals surface area contributed by atoms with Crippen molar-refractivity contribution in [1.29, 1.82) is 0 Å². The van der Waals surface area contributed by atoms with Gasteiger partial charge in [-0.25, -0.2) is 4.98 Å². The summed E-state index contributed by atoms with van der Waals surface area (Å²) in [5.74, 6) is 0.148. The molecule has 6 nitrogen and oxygen atoms in total. The lowest BCUT2D eigenvalue weighted by Crippen LogP contribution is -2.33. The van der Waals surface area contributed by atoms with E-state index in [1.165, 1.54) is 10.8 Å². The molecule has 0 aliphatic carbocycles. The first-order valence-corrected chi connectivity index (χ1v) is 9.03. The fraction of sp³-hybridized carbons (Fsp3) is 0.0952. The van der Waals surface area contributed by atoms with Crippen LogP contribution in [-0.4, -0.2) is 15.5 Å². The molecule has 0 bridgehead atoms. The molecule has 0 radical (unpaired) electrons. The first kappa shape index (κ1) is 18.0. The Labute approximate surface area is 165 Å². The number of nitrogens with zero attached hydrogens (tertiary/aromatic N) is 2. The lowest BCUT2D eigenvalue weighted by atomic mass is 10.1. The van der Waals surface area contributed by atoms with Crippen molar-refractivity contribution in [1.82, 2.24) is 14.9 Å². The minimum Gasteiger partial charge on any atom is -0.467 e. The van der Waals surface area contributed by atoms with Crippen LogP contribution in [0.1, 0.15) is 21.7 Å². The maximum atomic E-state index is 13.1. The van der Waals surface area contributed by atoms with E-state index in [4.69, 9.17) is 16.0 Å². The molecule has 0 aliphatic heterocycles. The molecule has 4 rings (SSSR count). The highest BCUT2D eigenvalue weighted by molar-refractivity contribution is 6.30. The first-order chi connectivity index (χ1) is 13.6. The molecule has 0 unspecified atom stereocenters. The van der Waals surface area contributed by atoms with Crippen molar-refractivity contribution in [3.8, 4) is 0 Å². The summed E-state index contributed by atoms with van der Waals surface area (Å²) in [5.41, 5.74) is 1.05. The SMILES string of the molecule is O=C(NCc1ccco1)c1cc2cccnc2n(Cc2ccc(Cl)cc2)c1=O. The van der Waals surface area contributed by atoms with Gasteiger partial charge in [0.25, 0.3) is 11.5 Å². The number of halogens is 1. The van der Waals surface area contributed by atoms with E-state index in [1.807, 2.05) is 18.2 Å². The normalized spacial score (nSPS) is 10.9. The van der Waals surface area contributed by atoms with E-state index in [2.05, 4.69) is 10.3 Å². The van der Waals surface area contributed by atoms with Crippen molar-refractivity contribution in [2.45, 2.75) is 13.1 Å². The molecular formula is C21H16ClN3O3. The number of hydrogen-bond acceptors (Lipinski definition) is 4. The van der Waals surface area contributed by atoms with Crippen LogP contribution in [0.3, 0.4) is 0 Å². The van der Waals surface area contributed by atoms with Crippen LogP contribution in [0.15, 0.2) is 76.3 Å². The summed E-state index contributed by atoms with van der Waals surface area (Å²) >= 11 is 5.94. The van der Waals surface area contributed by atoms with Crippen molar-refractivity contribution in [2.75, 3.05) is 0 Å². The zero-order valence-electron chi connectivity index (χ0n) is 14.8. The second-order valence-electron chi connectivity index (χ2n) is 6.25. The summed E-state index contributed by atoms with van der Waals surface area (Å²) in [6.07, 6.45) is 3.15. The van der Waals surface area contributed by atoms with Crippen LogP contribution < -0.4 is 10.9 Å². The molecule has 3 aromatic heterocycles. The zero-order chi connectivity index (χ0) is 19.5. The lowest BCUT2D eigenvalue weighted by Gasteiger charge is -2.12. The van der Waals surface area contributed by atoms with Crippen molar-refractivity contribution < 1.29 is 9.21 Å². The van der Waals surface area contributed by atoms with Crippen molar-refractivity contribution >= 4 is 28.5 Å². The van der Waals surface area contributed by atoms with E-state index in [0.717, 1.165) is 5.56 Å². The average molecular weight is 394 g/mol. The van der Waals surface area contributed by atoms with Crippen molar-refractivity contribution in [3.05, 3.63) is 99.3 Å². The number of benzene rings is 1. The fourth-order valence-corrected chi connectivity index (χ4v) is 3.09. The van der Waals surface area contributed by atoms with Gasteiger partial charge in [-0.2, -0.15) is 0 Å². The minimum absolute atomic E-state index is 0.0565. The van der Waals surface area contributed by atoms with Gasteiger partial charge < -0.3 is 9.73 Å². The van der Waals surface area contributed by atoms with Gasteiger partial charge in [-0.15, -0.1) is 0 Å². The second-order valence-corrected chi connectivity index (χ2v) is 6.69. The Morgan fingerprint density at radius 1 is 1.14 bits per heavy atom. The number of furan rings is 1. The zero-order valence-corrected chi connectivity index (χ0v) is 15.5. The first-order valence-electron chi connectivity index (χ1n) is 8.65. The van der Waals surface area contributed by atoms with Gasteiger partial charge in [0.15, 0.2) is 0 Å². The van der Waals surface area contributed by atoms with E-state index < -0.39 is 11.5 Å². The highest BCUT2D eigenvalue weighted by atomic mass is 35.5. The number of aromatic nitrogens is 2. The van der Waals surface area contributed by atoms with Crippen LogP contribution >= 0.6 is 11.6 Å². The summed E-state index contributed by atoms with van der Waals surface area (Å²) in [6.45, 7) is 0.482. The molecule has 3 heterocycles. The topological polar surface area (TPSA) is 77.1 Å². The summed E-state index contributed by atoms with van der Waals surface area (Å²) in [7, 11) is 0. The largest absolute Gasteiger partial charge is 0.467 e. The number of carbonyl (C=O) groups is 1. The molecule has 1 aromatic carbocycles. The van der Waals surface area contributed by atoms with Gasteiger partial charge in [0.2, 0.25) is 0 Å². The summed E-state index contributed by atoms with van der Waals surface area (Å²) in [4.78, 5) is 30.1. The summed E-state index contributed by atoms with van der Waals surface area (Å²) in [5, 5.41) is 4.05. The Kier molecular flexibility index (Phi) is 4.95. The van der Waals surface area contributed by atoms with E-state index >= 15 is 0 Å². The van der Waals surface area contributed by atoms with Gasteiger partial charge in [0.1, 0.15) is 17.0 Å². The summed E-state index contributed by atoms with van der Waals surface area (Å²) in [6, 6.07) is 15.9. The third-order valence-electron chi connectivity index (χ3n) is 4.35. The Morgan fingerprint density at radius 2 is 1.96 bits per heavy atom. The molecule has 0 aliphatic rings. The molecular weight excluding hydrogens is 378 g/mol. The number of hydrogen-bond donors (Lipinski definition) is 1. The van der Waals surface area contributed by atoms with Crippen LogP contribution in [0.25, 0.3) is 11.0 Å². The van der Waals surface area contributed by atoms with Crippen molar-refractivity contribution in [2.24, 2.45) is 0 Å². The third kappa shape index (κ3) is 3.68. The van der Waals surface area contributed by atoms with Gasteiger partial charge in [0, 0.05) is 16.6 Å². The van der Waals surface area contributed by atoms with E-state index in [0.29, 0.717) is 21.8 Å². The van der Waals surface area contributed by atoms with Crippen LogP contribution in [0.5, 0.6) is 0 Å². The summed E-state index contributed by atoms with van der Waals surface area (Å²) < 4.78 is 6.71. The molecule has 28 heavy (non-hydrogen) atoms. The molecule has 7 heteroatoms. The Morgan fingerprint density at radius 3 is 2.71 bits per heavy atom. The number of nitrogens with one attached hydrogen (secondary N) is 1. The van der Waals surface area contributed by atoms with Gasteiger partial charge >= 0.3 is 0 Å². The van der Waals surface area contributed by atoms with Gasteiger partial charge in [-0.1, -0.05) is 23.7 Å². The molecule has 0 saturated heterocycles. The minimum atomic E-state index is -0.461. The smallest absolute Gasteiger partial charge is 0.265 e. The number of rotatable bonds is 5. The van der Waals surface area contributed by atoms with Gasteiger partial charge in [-0.3, -0.25) is 14.2 Å². The number of amides is 1. The molecule has 4 aromatic rings. The number of pyridine rings is 2. The van der Waals surface area contributed by atoms with E-state index in [1.54, 1.807) is 42.6 Å². The molecule has 1 amide bonds.